The summed E-state index contributed by atoms with van der Waals surface area (Å²) in [4.78, 5) is 15.3. The van der Waals surface area contributed by atoms with Crippen LogP contribution in [0.2, 0.25) is 0 Å². The molecule has 142 valence electrons. The van der Waals surface area contributed by atoms with Gasteiger partial charge in [0.2, 0.25) is 0 Å². The summed E-state index contributed by atoms with van der Waals surface area (Å²) in [5.41, 5.74) is 3.32. The third-order valence-corrected chi connectivity index (χ3v) is 5.21. The predicted octanol–water partition coefficient (Wildman–Crippen LogP) is 5.30. The lowest BCUT2D eigenvalue weighted by Gasteiger charge is -2.35. The topological polar surface area (TPSA) is 50.8 Å². The Bertz CT molecular complexity index is 1040. The van der Waals surface area contributed by atoms with Crippen molar-refractivity contribution in [3.8, 4) is 11.5 Å². The van der Waals surface area contributed by atoms with Gasteiger partial charge >= 0.3 is 0 Å². The highest BCUT2D eigenvalue weighted by atomic mass is 79.9. The number of nitrogens with one attached hydrogen (secondary N) is 1. The van der Waals surface area contributed by atoms with Crippen molar-refractivity contribution < 1.29 is 14.3 Å². The predicted molar refractivity (Wildman–Crippen MR) is 114 cm³/mol. The Morgan fingerprint density at radius 2 is 1.71 bits per heavy atom. The van der Waals surface area contributed by atoms with Crippen molar-refractivity contribution in [2.24, 2.45) is 0 Å². The van der Waals surface area contributed by atoms with E-state index in [2.05, 4.69) is 21.2 Å². The maximum absolute atomic E-state index is 13.5. The van der Waals surface area contributed by atoms with Gasteiger partial charge in [0.15, 0.2) is 11.5 Å². The second-order valence-electron chi connectivity index (χ2n) is 6.36. The summed E-state index contributed by atoms with van der Waals surface area (Å²) in [6.07, 6.45) is 0. The van der Waals surface area contributed by atoms with Gasteiger partial charge in [-0.25, -0.2) is 0 Å². The molecule has 28 heavy (non-hydrogen) atoms. The van der Waals surface area contributed by atoms with Crippen LogP contribution < -0.4 is 19.7 Å². The van der Waals surface area contributed by atoms with Crippen LogP contribution in [0.15, 0.2) is 71.2 Å². The standard InChI is InChI=1S/C22H19BrN2O3/c1-27-19-11-10-14(12-20(19)28-2)21-22(26)25(16-7-5-6-15(23)13-16)18-9-4-3-8-17(18)24-21/h3-13,21,24H,1-2H3. The molecule has 1 atom stereocenters. The summed E-state index contributed by atoms with van der Waals surface area (Å²) in [5, 5.41) is 3.37. The molecule has 1 amide bonds. The van der Waals surface area contributed by atoms with Gasteiger partial charge in [0.25, 0.3) is 5.91 Å². The van der Waals surface area contributed by atoms with Gasteiger partial charge in [-0.3, -0.25) is 9.69 Å². The first-order valence-electron chi connectivity index (χ1n) is 8.79. The first-order chi connectivity index (χ1) is 13.6. The Balaban J connectivity index is 1.82. The van der Waals surface area contributed by atoms with Crippen molar-refractivity contribution in [3.63, 3.8) is 0 Å². The molecule has 3 aromatic carbocycles. The molecule has 0 bridgehead atoms. The lowest BCUT2D eigenvalue weighted by Crippen LogP contribution is -2.39. The third kappa shape index (κ3) is 3.20. The molecule has 0 saturated carbocycles. The van der Waals surface area contributed by atoms with Crippen molar-refractivity contribution in [2.45, 2.75) is 6.04 Å². The Hall–Kier alpha value is -2.99. The van der Waals surface area contributed by atoms with Crippen LogP contribution >= 0.6 is 15.9 Å². The van der Waals surface area contributed by atoms with Crippen LogP contribution in [-0.4, -0.2) is 20.1 Å². The van der Waals surface area contributed by atoms with Crippen LogP contribution in [-0.2, 0) is 4.79 Å². The van der Waals surface area contributed by atoms with Crippen LogP contribution in [0.25, 0.3) is 0 Å². The van der Waals surface area contributed by atoms with Crippen LogP contribution in [0.1, 0.15) is 11.6 Å². The van der Waals surface area contributed by atoms with E-state index in [1.54, 1.807) is 19.1 Å². The van der Waals surface area contributed by atoms with Crippen LogP contribution in [0, 0.1) is 0 Å². The van der Waals surface area contributed by atoms with E-state index in [1.807, 2.05) is 66.7 Å². The van der Waals surface area contributed by atoms with Gasteiger partial charge < -0.3 is 14.8 Å². The van der Waals surface area contributed by atoms with E-state index < -0.39 is 6.04 Å². The van der Waals surface area contributed by atoms with Gasteiger partial charge in [-0.15, -0.1) is 0 Å². The number of carbonyl (C=O) groups excluding carboxylic acids is 1. The molecule has 4 rings (SSSR count). The van der Waals surface area contributed by atoms with Gasteiger partial charge in [-0.1, -0.05) is 40.2 Å². The fourth-order valence-electron chi connectivity index (χ4n) is 3.40. The van der Waals surface area contributed by atoms with Crippen molar-refractivity contribution in [1.82, 2.24) is 0 Å². The maximum Gasteiger partial charge on any atom is 0.258 e. The first-order valence-corrected chi connectivity index (χ1v) is 9.58. The van der Waals surface area contributed by atoms with Crippen LogP contribution in [0.3, 0.4) is 0 Å². The summed E-state index contributed by atoms with van der Waals surface area (Å²) >= 11 is 3.50. The minimum atomic E-state index is -0.548. The van der Waals surface area contributed by atoms with Gasteiger partial charge in [-0.05, 0) is 48.0 Å². The number of fused-ring (bicyclic) bond motifs is 1. The van der Waals surface area contributed by atoms with E-state index in [1.165, 1.54) is 0 Å². The zero-order valence-electron chi connectivity index (χ0n) is 15.5. The van der Waals surface area contributed by atoms with E-state index in [0.717, 1.165) is 27.1 Å². The molecule has 1 aliphatic rings. The minimum Gasteiger partial charge on any atom is -0.493 e. The number of carbonyl (C=O) groups is 1. The van der Waals surface area contributed by atoms with E-state index in [9.17, 15) is 4.79 Å². The van der Waals surface area contributed by atoms with E-state index >= 15 is 0 Å². The molecule has 0 radical (unpaired) electrons. The molecular weight excluding hydrogens is 420 g/mol. The largest absolute Gasteiger partial charge is 0.493 e. The number of para-hydroxylation sites is 2. The summed E-state index contributed by atoms with van der Waals surface area (Å²) in [5.74, 6) is 1.14. The van der Waals surface area contributed by atoms with Crippen LogP contribution in [0.4, 0.5) is 17.1 Å². The lowest BCUT2D eigenvalue weighted by molar-refractivity contribution is -0.118. The van der Waals surface area contributed by atoms with Gasteiger partial charge in [-0.2, -0.15) is 0 Å². The Morgan fingerprint density at radius 1 is 0.929 bits per heavy atom. The first kappa shape index (κ1) is 18.4. The SMILES string of the molecule is COc1ccc(C2Nc3ccccc3N(c3cccc(Br)c3)C2=O)cc1OC. The molecule has 1 aliphatic heterocycles. The summed E-state index contributed by atoms with van der Waals surface area (Å²) in [6.45, 7) is 0. The smallest absolute Gasteiger partial charge is 0.258 e. The monoisotopic (exact) mass is 438 g/mol. The van der Waals surface area contributed by atoms with Crippen LogP contribution in [0.5, 0.6) is 11.5 Å². The minimum absolute atomic E-state index is 0.0657. The molecule has 0 fully saturated rings. The van der Waals surface area contributed by atoms with Crippen molar-refractivity contribution in [2.75, 3.05) is 24.4 Å². The fourth-order valence-corrected chi connectivity index (χ4v) is 3.78. The Morgan fingerprint density at radius 3 is 2.46 bits per heavy atom. The highest BCUT2D eigenvalue weighted by Gasteiger charge is 2.34. The van der Waals surface area contributed by atoms with E-state index in [4.69, 9.17) is 9.47 Å². The molecule has 0 saturated heterocycles. The molecule has 5 nitrogen and oxygen atoms in total. The van der Waals surface area contributed by atoms with Crippen molar-refractivity contribution >= 4 is 38.9 Å². The molecule has 0 spiro atoms. The molecule has 1 heterocycles. The molecule has 6 heteroatoms. The molecule has 0 aromatic heterocycles. The fraction of sp³-hybridized carbons (Fsp3) is 0.136. The third-order valence-electron chi connectivity index (χ3n) is 4.72. The molecular formula is C22H19BrN2O3. The number of amides is 1. The Kier molecular flexibility index (Phi) is 4.96. The van der Waals surface area contributed by atoms with Gasteiger partial charge in [0.1, 0.15) is 6.04 Å². The number of ether oxygens (including phenoxy) is 2. The summed E-state index contributed by atoms with van der Waals surface area (Å²) in [7, 11) is 3.17. The highest BCUT2D eigenvalue weighted by Crippen LogP contribution is 2.42. The number of hydrogen-bond donors (Lipinski definition) is 1. The number of anilines is 3. The number of benzene rings is 3. The average molecular weight is 439 g/mol. The number of nitrogens with zero attached hydrogens (tertiary/aromatic N) is 1. The molecule has 3 aromatic rings. The second-order valence-corrected chi connectivity index (χ2v) is 7.28. The number of rotatable bonds is 4. The van der Waals surface area contributed by atoms with E-state index in [-0.39, 0.29) is 5.91 Å². The number of halogens is 1. The number of methoxy groups -OCH3 is 2. The van der Waals surface area contributed by atoms with Crippen molar-refractivity contribution in [3.05, 3.63) is 76.8 Å². The Labute approximate surface area is 172 Å². The van der Waals surface area contributed by atoms with Gasteiger partial charge in [0, 0.05) is 4.47 Å². The normalized spacial score (nSPS) is 15.6. The quantitative estimate of drug-likeness (QED) is 0.600. The van der Waals surface area contributed by atoms with E-state index in [0.29, 0.717) is 11.5 Å². The number of hydrogen-bond acceptors (Lipinski definition) is 4. The molecule has 0 aliphatic carbocycles. The molecule has 1 N–H and O–H groups in total. The summed E-state index contributed by atoms with van der Waals surface area (Å²) in [6, 6.07) is 20.5. The highest BCUT2D eigenvalue weighted by molar-refractivity contribution is 9.10. The molecule has 1 unspecified atom stereocenters. The van der Waals surface area contributed by atoms with Crippen molar-refractivity contribution in [1.29, 1.82) is 0 Å². The summed E-state index contributed by atoms with van der Waals surface area (Å²) < 4.78 is 11.6. The maximum atomic E-state index is 13.5. The zero-order valence-corrected chi connectivity index (χ0v) is 17.1. The second kappa shape index (κ2) is 7.56. The average Bonchev–Trinajstić information content (AvgIpc) is 2.72. The van der Waals surface area contributed by atoms with Gasteiger partial charge in [0.05, 0.1) is 31.3 Å². The zero-order chi connectivity index (χ0) is 19.7. The lowest BCUT2D eigenvalue weighted by atomic mass is 10.00.